The molecule has 1 fully saturated rings. The molecule has 0 bridgehead atoms. The van der Waals surface area contributed by atoms with E-state index in [9.17, 15) is 9.59 Å². The highest BCUT2D eigenvalue weighted by Crippen LogP contribution is 2.33. The van der Waals surface area contributed by atoms with Crippen LogP contribution in [0.3, 0.4) is 0 Å². The van der Waals surface area contributed by atoms with E-state index in [0.717, 1.165) is 36.1 Å². The minimum atomic E-state index is -0.831. The van der Waals surface area contributed by atoms with E-state index in [0.29, 0.717) is 17.2 Å². The molecule has 7 heteroatoms. The second-order valence-corrected chi connectivity index (χ2v) is 9.77. The third-order valence-electron chi connectivity index (χ3n) is 6.40. The average Bonchev–Trinajstić information content (AvgIpc) is 3.40. The fourth-order valence-electron chi connectivity index (χ4n) is 4.58. The Morgan fingerprint density at radius 1 is 0.971 bits per heavy atom. The molecule has 1 aliphatic carbocycles. The van der Waals surface area contributed by atoms with Crippen molar-refractivity contribution in [2.75, 3.05) is 19.1 Å². The minimum Gasteiger partial charge on any atom is -0.497 e. The van der Waals surface area contributed by atoms with Crippen molar-refractivity contribution >= 4 is 28.8 Å². The fraction of sp³-hybridized carbons (Fsp3) is 0.357. The second kappa shape index (κ2) is 11.9. The summed E-state index contributed by atoms with van der Waals surface area (Å²) in [6.45, 7) is 0. The van der Waals surface area contributed by atoms with Crippen LogP contribution in [-0.4, -0.2) is 32.1 Å². The number of thiophene rings is 1. The van der Waals surface area contributed by atoms with Gasteiger partial charge in [-0.2, -0.15) is 0 Å². The number of benzene rings is 2. The Balaban J connectivity index is 1.76. The van der Waals surface area contributed by atoms with E-state index < -0.39 is 6.04 Å². The zero-order valence-corrected chi connectivity index (χ0v) is 21.1. The van der Waals surface area contributed by atoms with Crippen molar-refractivity contribution in [1.82, 2.24) is 5.32 Å². The molecule has 1 atom stereocenters. The van der Waals surface area contributed by atoms with Gasteiger partial charge in [-0.15, -0.1) is 11.3 Å². The summed E-state index contributed by atoms with van der Waals surface area (Å²) < 4.78 is 10.8. The molecule has 0 saturated heterocycles. The molecule has 2 aromatic carbocycles. The Labute approximate surface area is 210 Å². The molecule has 1 heterocycles. The third kappa shape index (κ3) is 6.22. The van der Waals surface area contributed by atoms with Gasteiger partial charge in [-0.3, -0.25) is 14.5 Å². The maximum atomic E-state index is 13.9. The van der Waals surface area contributed by atoms with Crippen molar-refractivity contribution in [1.29, 1.82) is 0 Å². The van der Waals surface area contributed by atoms with Gasteiger partial charge in [0.2, 0.25) is 11.8 Å². The highest BCUT2D eigenvalue weighted by atomic mass is 32.1. The largest absolute Gasteiger partial charge is 0.497 e. The minimum absolute atomic E-state index is 0.122. The number of ether oxygens (including phenoxy) is 2. The lowest BCUT2D eigenvalue weighted by molar-refractivity contribution is -0.127. The lowest BCUT2D eigenvalue weighted by atomic mass is 9.94. The van der Waals surface area contributed by atoms with Gasteiger partial charge in [0, 0.05) is 22.7 Å². The zero-order valence-electron chi connectivity index (χ0n) is 20.2. The monoisotopic (exact) mass is 492 g/mol. The van der Waals surface area contributed by atoms with E-state index in [1.54, 1.807) is 25.2 Å². The molecule has 1 aromatic heterocycles. The predicted molar refractivity (Wildman–Crippen MR) is 139 cm³/mol. The van der Waals surface area contributed by atoms with Crippen molar-refractivity contribution in [3.05, 3.63) is 76.5 Å². The van der Waals surface area contributed by atoms with Gasteiger partial charge in [0.05, 0.1) is 20.6 Å². The van der Waals surface area contributed by atoms with E-state index in [2.05, 4.69) is 5.32 Å². The Kier molecular flexibility index (Phi) is 8.42. The van der Waals surface area contributed by atoms with Gasteiger partial charge < -0.3 is 14.8 Å². The van der Waals surface area contributed by atoms with Gasteiger partial charge in [-0.1, -0.05) is 43.5 Å². The molecule has 35 heavy (non-hydrogen) atoms. The molecule has 0 spiro atoms. The molecule has 1 N–H and O–H groups in total. The number of hydrogen-bond acceptors (Lipinski definition) is 5. The molecule has 184 valence electrons. The molecule has 3 aromatic rings. The molecule has 1 aliphatic rings. The zero-order chi connectivity index (χ0) is 24.6. The maximum Gasteiger partial charge on any atom is 0.248 e. The number of methoxy groups -OCH3 is 2. The first-order chi connectivity index (χ1) is 17.1. The highest BCUT2D eigenvalue weighted by molar-refractivity contribution is 7.10. The Hall–Kier alpha value is -3.32. The number of nitrogens with one attached hydrogen (secondary N) is 1. The van der Waals surface area contributed by atoms with Gasteiger partial charge in [0.25, 0.3) is 0 Å². The van der Waals surface area contributed by atoms with Crippen LogP contribution in [-0.2, 0) is 16.0 Å². The van der Waals surface area contributed by atoms with Gasteiger partial charge in [0.15, 0.2) is 0 Å². The molecule has 1 saturated carbocycles. The molecule has 0 aliphatic heterocycles. The topological polar surface area (TPSA) is 67.9 Å². The maximum absolute atomic E-state index is 13.9. The van der Waals surface area contributed by atoms with Crippen LogP contribution in [0.5, 0.6) is 11.5 Å². The molecule has 0 radical (unpaired) electrons. The van der Waals surface area contributed by atoms with Gasteiger partial charge in [0.1, 0.15) is 17.5 Å². The summed E-state index contributed by atoms with van der Waals surface area (Å²) in [5, 5.41) is 5.20. The summed E-state index contributed by atoms with van der Waals surface area (Å²) in [5.41, 5.74) is 1.34. The lowest BCUT2D eigenvalue weighted by Gasteiger charge is -2.33. The summed E-state index contributed by atoms with van der Waals surface area (Å²) in [5.74, 6) is 0.986. The van der Waals surface area contributed by atoms with Crippen LogP contribution in [0.1, 0.15) is 48.6 Å². The van der Waals surface area contributed by atoms with Crippen molar-refractivity contribution in [2.45, 2.75) is 50.6 Å². The SMILES string of the molecule is COc1ccc([C@H](C(=O)NC2CCCCC2)N(C(=O)Cc2cccs2)c2cccc(OC)c2)cc1. The molecule has 0 unspecified atom stereocenters. The Morgan fingerprint density at radius 2 is 1.71 bits per heavy atom. The van der Waals surface area contributed by atoms with E-state index in [4.69, 9.17) is 9.47 Å². The Bertz CT molecular complexity index is 1110. The first-order valence-electron chi connectivity index (χ1n) is 12.0. The standard InChI is InChI=1S/C28H32N2O4S/c1-33-23-15-13-20(14-16-23)27(28(32)29-21-8-4-3-5-9-21)30(22-10-6-11-24(18-22)34-2)26(31)19-25-12-7-17-35-25/h6-7,10-18,21,27H,3-5,8-9,19H2,1-2H3,(H,29,32)/t27-/m1/s1. The first-order valence-corrected chi connectivity index (χ1v) is 12.9. The third-order valence-corrected chi connectivity index (χ3v) is 7.27. The predicted octanol–water partition coefficient (Wildman–Crippen LogP) is 5.53. The molecule has 4 rings (SSSR count). The van der Waals surface area contributed by atoms with Crippen LogP contribution in [0.25, 0.3) is 0 Å². The van der Waals surface area contributed by atoms with Crippen LogP contribution < -0.4 is 19.7 Å². The summed E-state index contributed by atoms with van der Waals surface area (Å²) in [4.78, 5) is 30.3. The fourth-order valence-corrected chi connectivity index (χ4v) is 5.27. The van der Waals surface area contributed by atoms with E-state index >= 15 is 0 Å². The summed E-state index contributed by atoms with van der Waals surface area (Å²) >= 11 is 1.53. The summed E-state index contributed by atoms with van der Waals surface area (Å²) in [6, 6.07) is 17.8. The van der Waals surface area contributed by atoms with E-state index in [-0.39, 0.29) is 24.3 Å². The van der Waals surface area contributed by atoms with Gasteiger partial charge in [-0.25, -0.2) is 0 Å². The first kappa shape index (κ1) is 24.8. The van der Waals surface area contributed by atoms with Crippen molar-refractivity contribution in [3.8, 4) is 11.5 Å². The summed E-state index contributed by atoms with van der Waals surface area (Å²) in [7, 11) is 3.20. The number of carbonyl (C=O) groups is 2. The highest BCUT2D eigenvalue weighted by Gasteiger charge is 2.34. The summed E-state index contributed by atoms with van der Waals surface area (Å²) in [6.07, 6.45) is 5.54. The van der Waals surface area contributed by atoms with Crippen LogP contribution in [0, 0.1) is 0 Å². The quantitative estimate of drug-likeness (QED) is 0.426. The molecule has 2 amide bonds. The van der Waals surface area contributed by atoms with Crippen molar-refractivity contribution < 1.29 is 19.1 Å². The van der Waals surface area contributed by atoms with Crippen molar-refractivity contribution in [3.63, 3.8) is 0 Å². The van der Waals surface area contributed by atoms with E-state index in [1.807, 2.05) is 60.0 Å². The lowest BCUT2D eigenvalue weighted by Crippen LogP contribution is -2.47. The smallest absolute Gasteiger partial charge is 0.248 e. The number of hydrogen-bond donors (Lipinski definition) is 1. The van der Waals surface area contributed by atoms with Crippen LogP contribution in [0.2, 0.25) is 0 Å². The van der Waals surface area contributed by atoms with Crippen LogP contribution in [0.4, 0.5) is 5.69 Å². The van der Waals surface area contributed by atoms with Crippen LogP contribution >= 0.6 is 11.3 Å². The van der Waals surface area contributed by atoms with Crippen molar-refractivity contribution in [2.24, 2.45) is 0 Å². The van der Waals surface area contributed by atoms with Crippen LogP contribution in [0.15, 0.2) is 66.0 Å². The number of nitrogens with zero attached hydrogens (tertiary/aromatic N) is 1. The van der Waals surface area contributed by atoms with Gasteiger partial charge in [-0.05, 0) is 54.1 Å². The number of carbonyl (C=O) groups excluding carboxylic acids is 2. The number of amides is 2. The second-order valence-electron chi connectivity index (χ2n) is 8.74. The van der Waals surface area contributed by atoms with E-state index in [1.165, 1.54) is 17.8 Å². The molecular weight excluding hydrogens is 460 g/mol. The van der Waals surface area contributed by atoms with Gasteiger partial charge >= 0.3 is 0 Å². The number of rotatable bonds is 9. The molecule has 6 nitrogen and oxygen atoms in total. The molecular formula is C28H32N2O4S. The Morgan fingerprint density at radius 3 is 2.37 bits per heavy atom. The number of anilines is 1. The average molecular weight is 493 g/mol. The normalized spacial score (nSPS) is 14.7.